The first-order valence-corrected chi connectivity index (χ1v) is 11.1. The summed E-state index contributed by atoms with van der Waals surface area (Å²) in [6.45, 7) is 4.57. The molecule has 0 aliphatic rings. The molecule has 0 fully saturated rings. The van der Waals surface area contributed by atoms with E-state index in [2.05, 4.69) is 10.1 Å². The molecule has 0 unspecified atom stereocenters. The summed E-state index contributed by atoms with van der Waals surface area (Å²) < 4.78 is 27.2. The molecule has 2 amide bonds. The Labute approximate surface area is 176 Å². The number of aliphatic hydroxyl groups is 1. The van der Waals surface area contributed by atoms with Crippen LogP contribution in [-0.2, 0) is 19.6 Å². The number of amides is 2. The lowest BCUT2D eigenvalue weighted by atomic mass is 9.97. The zero-order valence-electron chi connectivity index (χ0n) is 17.3. The molecule has 2 aromatic carbocycles. The van der Waals surface area contributed by atoms with E-state index in [1.165, 1.54) is 12.1 Å². The van der Waals surface area contributed by atoms with Crippen LogP contribution in [0, 0.1) is 6.92 Å². The number of nitrogens with one attached hydrogen (secondary N) is 2. The van der Waals surface area contributed by atoms with E-state index in [4.69, 9.17) is 0 Å². The number of aryl methyl sites for hydroxylation is 1. The van der Waals surface area contributed by atoms with Gasteiger partial charge in [0, 0.05) is 0 Å². The van der Waals surface area contributed by atoms with Crippen molar-refractivity contribution in [2.24, 2.45) is 0 Å². The van der Waals surface area contributed by atoms with E-state index in [0.29, 0.717) is 5.69 Å². The average Bonchev–Trinajstić information content (AvgIpc) is 2.76. The lowest BCUT2D eigenvalue weighted by Crippen LogP contribution is -2.56. The fourth-order valence-corrected chi connectivity index (χ4v) is 3.64. The third-order valence-corrected chi connectivity index (χ3v) is 6.23. The molecule has 0 bridgehead atoms. The molecule has 0 saturated heterocycles. The summed E-state index contributed by atoms with van der Waals surface area (Å²) in [6, 6.07) is 14.5. The Balaban J connectivity index is 2.21. The molecule has 0 radical (unpaired) electrons. The summed E-state index contributed by atoms with van der Waals surface area (Å²) >= 11 is 0. The van der Waals surface area contributed by atoms with Crippen LogP contribution < -0.4 is 15.2 Å². The van der Waals surface area contributed by atoms with Gasteiger partial charge in [-0.3, -0.25) is 15.0 Å². The number of para-hydroxylation sites is 1. The van der Waals surface area contributed by atoms with E-state index in [-0.39, 0.29) is 17.7 Å². The predicted octanol–water partition coefficient (Wildman–Crippen LogP) is 1.89. The molecule has 0 saturated carbocycles. The Morgan fingerprint density at radius 2 is 1.57 bits per heavy atom. The van der Waals surface area contributed by atoms with Gasteiger partial charge < -0.3 is 5.11 Å². The summed E-state index contributed by atoms with van der Waals surface area (Å²) in [5.41, 5.74) is 2.01. The van der Waals surface area contributed by atoms with Gasteiger partial charge in [-0.1, -0.05) is 49.7 Å². The molecular weight excluding hydrogens is 406 g/mol. The van der Waals surface area contributed by atoms with Crippen molar-refractivity contribution in [2.75, 3.05) is 11.6 Å². The van der Waals surface area contributed by atoms with Crippen molar-refractivity contribution >= 4 is 27.5 Å². The molecule has 0 aromatic heterocycles. The quantitative estimate of drug-likeness (QED) is 0.550. The van der Waals surface area contributed by atoms with Gasteiger partial charge in [0.05, 0.1) is 17.1 Å². The van der Waals surface area contributed by atoms with Crippen LogP contribution in [0.3, 0.4) is 0 Å². The number of carbonyl (C=O) groups is 2. The second-order valence-electron chi connectivity index (χ2n) is 6.88. The van der Waals surface area contributed by atoms with Gasteiger partial charge in [-0.15, -0.1) is 0 Å². The monoisotopic (exact) mass is 433 g/mol. The normalized spacial score (nSPS) is 11.7. The third-order valence-electron chi connectivity index (χ3n) is 4.81. The SMILES string of the molecule is CCC(O)(CC)C(=O)NN(C(=O)CNS(=O)(=O)c1ccc(C)cc1)c1ccccc1. The minimum absolute atomic E-state index is 0.0301. The lowest BCUT2D eigenvalue weighted by Gasteiger charge is -2.29. The summed E-state index contributed by atoms with van der Waals surface area (Å²) in [5.74, 6) is -1.45. The first-order valence-electron chi connectivity index (χ1n) is 9.60. The van der Waals surface area contributed by atoms with Gasteiger partial charge in [0.1, 0.15) is 5.60 Å². The van der Waals surface area contributed by atoms with E-state index in [1.807, 2.05) is 6.92 Å². The van der Waals surface area contributed by atoms with Crippen LogP contribution in [0.25, 0.3) is 0 Å². The number of sulfonamides is 1. The van der Waals surface area contributed by atoms with E-state index >= 15 is 0 Å². The highest BCUT2D eigenvalue weighted by atomic mass is 32.2. The van der Waals surface area contributed by atoms with Crippen molar-refractivity contribution in [3.63, 3.8) is 0 Å². The second-order valence-corrected chi connectivity index (χ2v) is 8.65. The van der Waals surface area contributed by atoms with Crippen molar-refractivity contribution in [3.8, 4) is 0 Å². The lowest BCUT2D eigenvalue weighted by molar-refractivity contribution is -0.142. The molecule has 0 heterocycles. The number of hydrazine groups is 1. The fraction of sp³-hybridized carbons (Fsp3) is 0.333. The number of carbonyl (C=O) groups excluding carboxylic acids is 2. The predicted molar refractivity (Wildman–Crippen MR) is 114 cm³/mol. The third kappa shape index (κ3) is 5.65. The summed E-state index contributed by atoms with van der Waals surface area (Å²) in [5, 5.41) is 11.4. The summed E-state index contributed by atoms with van der Waals surface area (Å²) in [6.07, 6.45) is 0.318. The van der Waals surface area contributed by atoms with E-state index in [1.54, 1.807) is 56.3 Å². The van der Waals surface area contributed by atoms with Gasteiger partial charge in [0.2, 0.25) is 10.0 Å². The zero-order valence-corrected chi connectivity index (χ0v) is 18.1. The summed E-state index contributed by atoms with van der Waals surface area (Å²) in [4.78, 5) is 25.4. The van der Waals surface area contributed by atoms with Crippen molar-refractivity contribution < 1.29 is 23.1 Å². The molecule has 2 aromatic rings. The van der Waals surface area contributed by atoms with Gasteiger partial charge in [-0.25, -0.2) is 18.1 Å². The van der Waals surface area contributed by atoms with Gasteiger partial charge in [0.25, 0.3) is 11.8 Å². The van der Waals surface area contributed by atoms with Crippen molar-refractivity contribution in [2.45, 2.75) is 44.1 Å². The smallest absolute Gasteiger partial charge is 0.270 e. The molecule has 0 aliphatic heterocycles. The van der Waals surface area contributed by atoms with E-state index < -0.39 is 34.0 Å². The van der Waals surface area contributed by atoms with Crippen LogP contribution in [0.2, 0.25) is 0 Å². The molecule has 2 rings (SSSR count). The summed E-state index contributed by atoms with van der Waals surface area (Å²) in [7, 11) is -3.91. The number of hydrogen-bond acceptors (Lipinski definition) is 5. The zero-order chi connectivity index (χ0) is 22.4. The topological polar surface area (TPSA) is 116 Å². The second kappa shape index (κ2) is 9.84. The molecule has 9 heteroatoms. The van der Waals surface area contributed by atoms with Crippen molar-refractivity contribution in [3.05, 3.63) is 60.2 Å². The molecule has 3 N–H and O–H groups in total. The number of hydrogen-bond donors (Lipinski definition) is 3. The Hall–Kier alpha value is -2.75. The van der Waals surface area contributed by atoms with E-state index in [9.17, 15) is 23.1 Å². The molecule has 0 aliphatic carbocycles. The highest BCUT2D eigenvalue weighted by Gasteiger charge is 2.34. The molecule has 0 spiro atoms. The Bertz CT molecular complexity index is 971. The van der Waals surface area contributed by atoms with Crippen LogP contribution >= 0.6 is 0 Å². The maximum absolute atomic E-state index is 12.8. The maximum Gasteiger partial charge on any atom is 0.270 e. The van der Waals surface area contributed by atoms with Crippen LogP contribution in [0.1, 0.15) is 32.3 Å². The first-order chi connectivity index (χ1) is 14.1. The van der Waals surface area contributed by atoms with Crippen molar-refractivity contribution in [1.82, 2.24) is 10.1 Å². The minimum Gasteiger partial charge on any atom is -0.380 e. The molecular formula is C21H27N3O5S. The highest BCUT2D eigenvalue weighted by Crippen LogP contribution is 2.17. The van der Waals surface area contributed by atoms with Gasteiger partial charge in [0.15, 0.2) is 0 Å². The van der Waals surface area contributed by atoms with Crippen LogP contribution in [0.4, 0.5) is 5.69 Å². The molecule has 30 heavy (non-hydrogen) atoms. The highest BCUT2D eigenvalue weighted by molar-refractivity contribution is 7.89. The maximum atomic E-state index is 12.8. The molecule has 0 atom stereocenters. The largest absolute Gasteiger partial charge is 0.380 e. The fourth-order valence-electron chi connectivity index (χ4n) is 2.66. The number of anilines is 1. The Kier molecular flexibility index (Phi) is 7.71. The number of rotatable bonds is 8. The first kappa shape index (κ1) is 23.5. The Morgan fingerprint density at radius 3 is 2.10 bits per heavy atom. The van der Waals surface area contributed by atoms with Crippen LogP contribution in [-0.4, -0.2) is 37.5 Å². The van der Waals surface area contributed by atoms with Crippen LogP contribution in [0.5, 0.6) is 0 Å². The van der Waals surface area contributed by atoms with Gasteiger partial charge in [-0.2, -0.15) is 0 Å². The van der Waals surface area contributed by atoms with Crippen molar-refractivity contribution in [1.29, 1.82) is 0 Å². The Morgan fingerprint density at radius 1 is 1.00 bits per heavy atom. The average molecular weight is 434 g/mol. The number of nitrogens with zero attached hydrogens (tertiary/aromatic N) is 1. The molecule has 8 nitrogen and oxygen atoms in total. The van der Waals surface area contributed by atoms with Gasteiger partial charge >= 0.3 is 0 Å². The van der Waals surface area contributed by atoms with E-state index in [0.717, 1.165) is 10.6 Å². The standard InChI is InChI=1S/C21H27N3O5S/c1-4-21(27,5-2)20(26)23-24(17-9-7-6-8-10-17)19(25)15-22-30(28,29)18-13-11-16(3)12-14-18/h6-14,22,27H,4-5,15H2,1-3H3,(H,23,26). The van der Waals surface area contributed by atoms with Crippen LogP contribution in [0.15, 0.2) is 59.5 Å². The minimum atomic E-state index is -3.91. The molecule has 162 valence electrons. The number of benzene rings is 2. The van der Waals surface area contributed by atoms with Gasteiger partial charge in [-0.05, 0) is 44.0 Å².